The van der Waals surface area contributed by atoms with Gasteiger partial charge in [-0.3, -0.25) is 0 Å². The van der Waals surface area contributed by atoms with Crippen LogP contribution in [0.2, 0.25) is 0 Å². The van der Waals surface area contributed by atoms with Gasteiger partial charge in [0.1, 0.15) is 5.75 Å². The molecule has 0 radical (unpaired) electrons. The molecule has 0 aliphatic carbocycles. The van der Waals surface area contributed by atoms with Crippen molar-refractivity contribution in [2.45, 2.75) is 13.5 Å². The third kappa shape index (κ3) is 2.79. The van der Waals surface area contributed by atoms with Crippen molar-refractivity contribution >= 4 is 0 Å². The number of nitrogens with zero attached hydrogens (tertiary/aromatic N) is 4. The molecule has 0 atom stereocenters. The van der Waals surface area contributed by atoms with Gasteiger partial charge < -0.3 is 10.1 Å². The standard InChI is InChI=1S/C11H15N5O/c1-3-17-10-6-4-5-9(7-10)16-14-11(8-12-2)13-15-16/h4-7,12H,3,8H2,1-2H3. The van der Waals surface area contributed by atoms with Crippen molar-refractivity contribution in [3.8, 4) is 11.4 Å². The van der Waals surface area contributed by atoms with Crippen LogP contribution in [0, 0.1) is 0 Å². The van der Waals surface area contributed by atoms with Crippen molar-refractivity contribution in [3.05, 3.63) is 30.1 Å². The van der Waals surface area contributed by atoms with Crippen molar-refractivity contribution in [2.24, 2.45) is 0 Å². The predicted octanol–water partition coefficient (Wildman–Crippen LogP) is 0.780. The molecule has 0 unspecified atom stereocenters. The maximum Gasteiger partial charge on any atom is 0.188 e. The topological polar surface area (TPSA) is 64.9 Å². The Balaban J connectivity index is 2.22. The molecule has 1 aromatic carbocycles. The molecule has 1 heterocycles. The molecule has 6 heteroatoms. The number of aromatic nitrogens is 4. The molecule has 0 bridgehead atoms. The van der Waals surface area contributed by atoms with E-state index in [2.05, 4.69) is 20.7 Å². The minimum Gasteiger partial charge on any atom is -0.494 e. The molecule has 1 N–H and O–H groups in total. The molecule has 2 rings (SSSR count). The average molecular weight is 233 g/mol. The van der Waals surface area contributed by atoms with Gasteiger partial charge in [0.2, 0.25) is 0 Å². The van der Waals surface area contributed by atoms with E-state index in [-0.39, 0.29) is 0 Å². The molecule has 17 heavy (non-hydrogen) atoms. The highest BCUT2D eigenvalue weighted by Crippen LogP contribution is 2.15. The number of benzene rings is 1. The van der Waals surface area contributed by atoms with Gasteiger partial charge in [0, 0.05) is 6.07 Å². The molecule has 0 saturated carbocycles. The monoisotopic (exact) mass is 233 g/mol. The van der Waals surface area contributed by atoms with Gasteiger partial charge in [-0.1, -0.05) is 6.07 Å². The summed E-state index contributed by atoms with van der Waals surface area (Å²) in [5.41, 5.74) is 0.839. The van der Waals surface area contributed by atoms with Gasteiger partial charge in [-0.15, -0.1) is 15.0 Å². The average Bonchev–Trinajstić information content (AvgIpc) is 2.79. The lowest BCUT2D eigenvalue weighted by Gasteiger charge is -2.04. The number of hydrogen-bond donors (Lipinski definition) is 1. The fourth-order valence-electron chi connectivity index (χ4n) is 1.45. The number of ether oxygens (including phenoxy) is 1. The van der Waals surface area contributed by atoms with Crippen LogP contribution in [0.1, 0.15) is 12.7 Å². The molecular weight excluding hydrogens is 218 g/mol. The van der Waals surface area contributed by atoms with Crippen LogP contribution < -0.4 is 10.1 Å². The predicted molar refractivity (Wildman–Crippen MR) is 63.1 cm³/mol. The number of hydrogen-bond acceptors (Lipinski definition) is 5. The lowest BCUT2D eigenvalue weighted by Crippen LogP contribution is -2.07. The second-order valence-electron chi connectivity index (χ2n) is 3.46. The zero-order valence-electron chi connectivity index (χ0n) is 9.92. The Bertz CT molecular complexity index is 482. The summed E-state index contributed by atoms with van der Waals surface area (Å²) < 4.78 is 5.42. The fourth-order valence-corrected chi connectivity index (χ4v) is 1.45. The van der Waals surface area contributed by atoms with E-state index in [1.165, 1.54) is 4.80 Å². The van der Waals surface area contributed by atoms with Crippen molar-refractivity contribution < 1.29 is 4.74 Å². The summed E-state index contributed by atoms with van der Waals surface area (Å²) in [5.74, 6) is 1.46. The van der Waals surface area contributed by atoms with Crippen LogP contribution in [0.25, 0.3) is 5.69 Å². The minimum atomic E-state index is 0.602. The van der Waals surface area contributed by atoms with E-state index in [1.807, 2.05) is 38.2 Å². The third-order valence-electron chi connectivity index (χ3n) is 2.15. The first-order valence-electron chi connectivity index (χ1n) is 5.50. The third-order valence-corrected chi connectivity index (χ3v) is 2.15. The van der Waals surface area contributed by atoms with Crippen LogP contribution in [-0.2, 0) is 6.54 Å². The molecule has 0 aliphatic rings. The minimum absolute atomic E-state index is 0.602. The van der Waals surface area contributed by atoms with E-state index < -0.39 is 0 Å². The highest BCUT2D eigenvalue weighted by atomic mass is 16.5. The molecule has 0 saturated heterocycles. The second kappa shape index (κ2) is 5.40. The maximum atomic E-state index is 5.42. The van der Waals surface area contributed by atoms with Crippen LogP contribution in [0.5, 0.6) is 5.75 Å². The zero-order valence-corrected chi connectivity index (χ0v) is 9.92. The summed E-state index contributed by atoms with van der Waals surface area (Å²) >= 11 is 0. The van der Waals surface area contributed by atoms with Gasteiger partial charge in [0.15, 0.2) is 5.82 Å². The van der Waals surface area contributed by atoms with E-state index in [0.29, 0.717) is 19.0 Å². The van der Waals surface area contributed by atoms with Gasteiger partial charge >= 0.3 is 0 Å². The Labute approximate surface area is 99.6 Å². The first kappa shape index (κ1) is 11.5. The summed E-state index contributed by atoms with van der Waals surface area (Å²) in [6.45, 7) is 3.19. The van der Waals surface area contributed by atoms with Crippen molar-refractivity contribution in [1.29, 1.82) is 0 Å². The van der Waals surface area contributed by atoms with E-state index >= 15 is 0 Å². The van der Waals surface area contributed by atoms with E-state index in [4.69, 9.17) is 4.74 Å². The van der Waals surface area contributed by atoms with Crippen LogP contribution in [0.4, 0.5) is 0 Å². The number of nitrogens with one attached hydrogen (secondary N) is 1. The zero-order chi connectivity index (χ0) is 12.1. The molecule has 90 valence electrons. The molecule has 0 fully saturated rings. The van der Waals surface area contributed by atoms with Gasteiger partial charge in [0.25, 0.3) is 0 Å². The van der Waals surface area contributed by atoms with Gasteiger partial charge in [0.05, 0.1) is 18.8 Å². The van der Waals surface area contributed by atoms with Gasteiger partial charge in [-0.25, -0.2) is 0 Å². The second-order valence-corrected chi connectivity index (χ2v) is 3.46. The maximum absolute atomic E-state index is 5.42. The molecule has 0 amide bonds. The van der Waals surface area contributed by atoms with Crippen molar-refractivity contribution in [2.75, 3.05) is 13.7 Å². The Hall–Kier alpha value is -1.95. The van der Waals surface area contributed by atoms with Crippen LogP contribution in [0.3, 0.4) is 0 Å². The van der Waals surface area contributed by atoms with Gasteiger partial charge in [-0.05, 0) is 31.3 Å². The summed E-state index contributed by atoms with van der Waals surface area (Å²) in [7, 11) is 1.84. The summed E-state index contributed by atoms with van der Waals surface area (Å²) in [6.07, 6.45) is 0. The molecule has 2 aromatic rings. The lowest BCUT2D eigenvalue weighted by molar-refractivity contribution is 0.340. The lowest BCUT2D eigenvalue weighted by atomic mass is 10.3. The number of tetrazole rings is 1. The van der Waals surface area contributed by atoms with Crippen LogP contribution >= 0.6 is 0 Å². The first-order valence-corrected chi connectivity index (χ1v) is 5.50. The normalized spacial score (nSPS) is 10.5. The summed E-state index contributed by atoms with van der Waals surface area (Å²) in [5, 5.41) is 15.1. The van der Waals surface area contributed by atoms with Crippen molar-refractivity contribution in [3.63, 3.8) is 0 Å². The highest BCUT2D eigenvalue weighted by molar-refractivity contribution is 5.37. The first-order chi connectivity index (χ1) is 8.33. The van der Waals surface area contributed by atoms with E-state index in [1.54, 1.807) is 0 Å². The Morgan fingerprint density at radius 3 is 3.06 bits per heavy atom. The van der Waals surface area contributed by atoms with E-state index in [0.717, 1.165) is 11.4 Å². The fraction of sp³-hybridized carbons (Fsp3) is 0.364. The highest BCUT2D eigenvalue weighted by Gasteiger charge is 2.04. The quantitative estimate of drug-likeness (QED) is 0.826. The summed E-state index contributed by atoms with van der Waals surface area (Å²) in [4.78, 5) is 1.50. The van der Waals surface area contributed by atoms with Gasteiger partial charge in [-0.2, -0.15) is 0 Å². The Morgan fingerprint density at radius 2 is 2.29 bits per heavy atom. The molecule has 1 aromatic heterocycles. The molecule has 6 nitrogen and oxygen atoms in total. The summed E-state index contributed by atoms with van der Waals surface area (Å²) in [6, 6.07) is 7.60. The molecule has 0 spiro atoms. The Morgan fingerprint density at radius 1 is 1.41 bits per heavy atom. The Kier molecular flexibility index (Phi) is 3.66. The van der Waals surface area contributed by atoms with E-state index in [9.17, 15) is 0 Å². The van der Waals surface area contributed by atoms with Crippen LogP contribution in [-0.4, -0.2) is 33.9 Å². The van der Waals surface area contributed by atoms with Crippen LogP contribution in [0.15, 0.2) is 24.3 Å². The SMILES string of the molecule is CCOc1cccc(-n2nnc(CNC)n2)c1. The van der Waals surface area contributed by atoms with Crippen molar-refractivity contribution in [1.82, 2.24) is 25.5 Å². The molecule has 0 aliphatic heterocycles. The smallest absolute Gasteiger partial charge is 0.188 e. The molecular formula is C11H15N5O. The number of rotatable bonds is 5. The largest absolute Gasteiger partial charge is 0.494 e.